The molecule has 0 aromatic carbocycles. The lowest BCUT2D eigenvalue weighted by molar-refractivity contribution is -0.169. The van der Waals surface area contributed by atoms with Crippen molar-refractivity contribution in [3.05, 3.63) is 23.8 Å². The van der Waals surface area contributed by atoms with Gasteiger partial charge in [-0.25, -0.2) is 0 Å². The first kappa shape index (κ1) is 25.0. The summed E-state index contributed by atoms with van der Waals surface area (Å²) in [4.78, 5) is 25.0. The van der Waals surface area contributed by atoms with Crippen molar-refractivity contribution < 1.29 is 29.3 Å². The molecule has 32 heavy (non-hydrogen) atoms. The Morgan fingerprint density at radius 2 is 1.84 bits per heavy atom. The minimum absolute atomic E-state index is 0.00911. The van der Waals surface area contributed by atoms with Crippen molar-refractivity contribution >= 4 is 11.9 Å². The molecule has 1 heterocycles. The molecular formula is C26H40O6. The van der Waals surface area contributed by atoms with E-state index in [0.29, 0.717) is 19.3 Å². The Bertz CT molecular complexity index is 728. The van der Waals surface area contributed by atoms with Crippen molar-refractivity contribution in [3.8, 4) is 0 Å². The molecule has 0 unspecified atom stereocenters. The lowest BCUT2D eigenvalue weighted by atomic mass is 9.66. The van der Waals surface area contributed by atoms with Gasteiger partial charge in [0.1, 0.15) is 12.2 Å². The number of hydrogen-bond donors (Lipinski definition) is 2. The van der Waals surface area contributed by atoms with E-state index >= 15 is 0 Å². The molecule has 180 valence electrons. The van der Waals surface area contributed by atoms with Gasteiger partial charge in [-0.2, -0.15) is 0 Å². The molecular weight excluding hydrogens is 408 g/mol. The third-order valence-electron chi connectivity index (χ3n) is 8.15. The van der Waals surface area contributed by atoms with Crippen LogP contribution in [0.3, 0.4) is 0 Å². The summed E-state index contributed by atoms with van der Waals surface area (Å²) in [6.45, 7) is 8.26. The van der Waals surface area contributed by atoms with Gasteiger partial charge in [-0.05, 0) is 49.5 Å². The highest BCUT2D eigenvalue weighted by atomic mass is 16.6. The highest BCUT2D eigenvalue weighted by Gasteiger charge is 2.44. The van der Waals surface area contributed by atoms with E-state index in [1.165, 1.54) is 0 Å². The highest BCUT2D eigenvalue weighted by molar-refractivity contribution is 5.77. The van der Waals surface area contributed by atoms with Crippen LogP contribution in [0.25, 0.3) is 0 Å². The van der Waals surface area contributed by atoms with E-state index in [2.05, 4.69) is 19.1 Å². The average Bonchev–Trinajstić information content (AvgIpc) is 2.74. The maximum atomic E-state index is 13.2. The Balaban J connectivity index is 1.78. The van der Waals surface area contributed by atoms with E-state index in [4.69, 9.17) is 9.47 Å². The van der Waals surface area contributed by atoms with Gasteiger partial charge in [0.05, 0.1) is 24.0 Å². The fraction of sp³-hybridized carbons (Fsp3) is 0.769. The van der Waals surface area contributed by atoms with E-state index in [1.807, 2.05) is 26.8 Å². The number of cyclic esters (lactones) is 1. The minimum Gasteiger partial charge on any atom is -0.462 e. The van der Waals surface area contributed by atoms with Crippen LogP contribution >= 0.6 is 0 Å². The fourth-order valence-electron chi connectivity index (χ4n) is 5.85. The molecule has 3 aliphatic rings. The van der Waals surface area contributed by atoms with Gasteiger partial charge in [-0.15, -0.1) is 0 Å². The number of carbonyl (C=O) groups excluding carboxylic acids is 2. The molecule has 6 nitrogen and oxygen atoms in total. The Labute approximate surface area is 192 Å². The van der Waals surface area contributed by atoms with E-state index in [-0.39, 0.29) is 48.3 Å². The molecule has 6 heteroatoms. The summed E-state index contributed by atoms with van der Waals surface area (Å²) in [5, 5.41) is 20.4. The molecule has 0 aromatic heterocycles. The van der Waals surface area contributed by atoms with Crippen LogP contribution in [0.1, 0.15) is 79.1 Å². The van der Waals surface area contributed by atoms with Gasteiger partial charge in [0.15, 0.2) is 0 Å². The second kappa shape index (κ2) is 10.5. The van der Waals surface area contributed by atoms with Gasteiger partial charge in [0, 0.05) is 18.8 Å². The van der Waals surface area contributed by atoms with Crippen LogP contribution in [0.4, 0.5) is 0 Å². The Morgan fingerprint density at radius 1 is 1.16 bits per heavy atom. The Morgan fingerprint density at radius 3 is 2.47 bits per heavy atom. The van der Waals surface area contributed by atoms with E-state index in [1.54, 1.807) is 0 Å². The molecule has 1 saturated heterocycles. The Hall–Kier alpha value is -1.66. The SMILES string of the molecule is CCC(CC)(CC)C(=O)O[C@@H]1C[C@H](O)C=C2C=C[C@H](C)[C@H](CC[C@@H]3C[C@@H](O)CC(=O)O3)[C@H]21. The van der Waals surface area contributed by atoms with Crippen LogP contribution in [0.2, 0.25) is 0 Å². The smallest absolute Gasteiger partial charge is 0.312 e. The summed E-state index contributed by atoms with van der Waals surface area (Å²) in [5.74, 6) is -0.0168. The summed E-state index contributed by atoms with van der Waals surface area (Å²) in [6.07, 6.45) is 8.79. The molecule has 1 fully saturated rings. The van der Waals surface area contributed by atoms with Gasteiger partial charge in [-0.3, -0.25) is 9.59 Å². The van der Waals surface area contributed by atoms with Crippen molar-refractivity contribution in [2.24, 2.45) is 23.2 Å². The zero-order valence-corrected chi connectivity index (χ0v) is 20.0. The fourth-order valence-corrected chi connectivity index (χ4v) is 5.85. The van der Waals surface area contributed by atoms with Crippen molar-refractivity contribution in [2.75, 3.05) is 0 Å². The first-order chi connectivity index (χ1) is 15.2. The zero-order valence-electron chi connectivity index (χ0n) is 20.0. The van der Waals surface area contributed by atoms with Gasteiger partial charge in [-0.1, -0.05) is 45.9 Å². The summed E-state index contributed by atoms with van der Waals surface area (Å²) in [7, 11) is 0. The number of fused-ring (bicyclic) bond motifs is 1. The van der Waals surface area contributed by atoms with Crippen LogP contribution in [0.5, 0.6) is 0 Å². The number of aliphatic hydroxyl groups excluding tert-OH is 2. The van der Waals surface area contributed by atoms with E-state index in [9.17, 15) is 19.8 Å². The summed E-state index contributed by atoms with van der Waals surface area (Å²) < 4.78 is 11.6. The molecule has 2 N–H and O–H groups in total. The van der Waals surface area contributed by atoms with Gasteiger partial charge in [0.2, 0.25) is 0 Å². The standard InChI is InChI=1S/C26H40O6/c1-5-26(6-2,7-3)25(30)32-22-14-18(27)12-17-9-8-16(4)21(24(17)22)11-10-20-13-19(28)15-23(29)31-20/h8-9,12,16,18-22,24,27-28H,5-7,10-11,13-15H2,1-4H3/t16-,18+,19+,20+,21-,22+,24-/m0/s1. The number of ether oxygens (including phenoxy) is 2. The summed E-state index contributed by atoms with van der Waals surface area (Å²) >= 11 is 0. The first-order valence-electron chi connectivity index (χ1n) is 12.4. The second-order valence-corrected chi connectivity index (χ2v) is 9.95. The zero-order chi connectivity index (χ0) is 23.5. The average molecular weight is 449 g/mol. The van der Waals surface area contributed by atoms with Crippen LogP contribution in [0, 0.1) is 23.2 Å². The van der Waals surface area contributed by atoms with E-state index in [0.717, 1.165) is 31.3 Å². The molecule has 1 aliphatic heterocycles. The topological polar surface area (TPSA) is 93.1 Å². The largest absolute Gasteiger partial charge is 0.462 e. The molecule has 7 atom stereocenters. The van der Waals surface area contributed by atoms with Gasteiger partial charge >= 0.3 is 11.9 Å². The van der Waals surface area contributed by atoms with Crippen molar-refractivity contribution in [1.29, 1.82) is 0 Å². The lowest BCUT2D eigenvalue weighted by Crippen LogP contribution is -2.45. The van der Waals surface area contributed by atoms with Crippen molar-refractivity contribution in [2.45, 2.75) is 103 Å². The highest BCUT2D eigenvalue weighted by Crippen LogP contribution is 2.45. The molecule has 0 aromatic rings. The lowest BCUT2D eigenvalue weighted by Gasteiger charge is -2.44. The summed E-state index contributed by atoms with van der Waals surface area (Å²) in [6, 6.07) is 0. The molecule has 0 spiro atoms. The molecule has 3 rings (SSSR count). The van der Waals surface area contributed by atoms with Gasteiger partial charge < -0.3 is 19.7 Å². The molecule has 0 bridgehead atoms. The van der Waals surface area contributed by atoms with Crippen molar-refractivity contribution in [1.82, 2.24) is 0 Å². The maximum absolute atomic E-state index is 13.2. The third-order valence-corrected chi connectivity index (χ3v) is 8.15. The van der Waals surface area contributed by atoms with Gasteiger partial charge in [0.25, 0.3) is 0 Å². The number of allylic oxidation sites excluding steroid dienone is 2. The quantitative estimate of drug-likeness (QED) is 0.543. The third kappa shape index (κ3) is 5.28. The number of esters is 2. The normalized spacial score (nSPS) is 35.0. The second-order valence-electron chi connectivity index (χ2n) is 9.95. The molecule has 0 radical (unpaired) electrons. The van der Waals surface area contributed by atoms with Crippen LogP contribution < -0.4 is 0 Å². The predicted molar refractivity (Wildman–Crippen MR) is 122 cm³/mol. The van der Waals surface area contributed by atoms with Crippen LogP contribution in [-0.2, 0) is 19.1 Å². The monoisotopic (exact) mass is 448 g/mol. The minimum atomic E-state index is -0.635. The first-order valence-corrected chi connectivity index (χ1v) is 12.4. The molecule has 2 aliphatic carbocycles. The van der Waals surface area contributed by atoms with Crippen LogP contribution in [-0.4, -0.2) is 46.6 Å². The Kier molecular flexibility index (Phi) is 8.21. The number of hydrogen-bond acceptors (Lipinski definition) is 6. The van der Waals surface area contributed by atoms with Crippen molar-refractivity contribution in [3.63, 3.8) is 0 Å². The number of rotatable bonds is 8. The number of aliphatic hydroxyl groups is 2. The predicted octanol–water partition coefficient (Wildman–Crippen LogP) is 4.09. The number of carbonyl (C=O) groups is 2. The van der Waals surface area contributed by atoms with Crippen LogP contribution in [0.15, 0.2) is 23.8 Å². The summed E-state index contributed by atoms with van der Waals surface area (Å²) in [5.41, 5.74) is 0.546. The molecule has 0 amide bonds. The maximum Gasteiger partial charge on any atom is 0.312 e. The van der Waals surface area contributed by atoms with E-state index < -0.39 is 17.6 Å². The molecule has 0 saturated carbocycles.